The van der Waals surface area contributed by atoms with Gasteiger partial charge >= 0.3 is 5.97 Å². The van der Waals surface area contributed by atoms with Gasteiger partial charge in [-0.3, -0.25) is 9.59 Å². The predicted octanol–water partition coefficient (Wildman–Crippen LogP) is 1.70. The molecule has 0 unspecified atom stereocenters. The number of aryl methyl sites for hydroxylation is 2. The van der Waals surface area contributed by atoms with E-state index in [1.54, 1.807) is 0 Å². The van der Waals surface area contributed by atoms with E-state index in [1.165, 1.54) is 17.5 Å². The number of carboxylic acids is 1. The Morgan fingerprint density at radius 3 is 2.79 bits per heavy atom. The molecule has 4 nitrogen and oxygen atoms in total. The standard InChI is InChI=1S/C15H19NO3/c17-14(16-8-2-5-15(18)19)10-11-6-7-12-3-1-4-13(12)9-11/h6-7,9H,1-5,8,10H2,(H,16,17)(H,18,19). The summed E-state index contributed by atoms with van der Waals surface area (Å²) in [7, 11) is 0. The molecule has 1 aliphatic carbocycles. The van der Waals surface area contributed by atoms with E-state index in [0.29, 0.717) is 19.4 Å². The molecule has 2 N–H and O–H groups in total. The number of amides is 1. The average molecular weight is 261 g/mol. The summed E-state index contributed by atoms with van der Waals surface area (Å²) in [6.07, 6.45) is 4.42. The SMILES string of the molecule is O=C(O)CCCNC(=O)Cc1ccc2c(c1)CCC2. The lowest BCUT2D eigenvalue weighted by molar-refractivity contribution is -0.137. The van der Waals surface area contributed by atoms with Gasteiger partial charge in [-0.2, -0.15) is 0 Å². The van der Waals surface area contributed by atoms with Crippen LogP contribution < -0.4 is 5.32 Å². The van der Waals surface area contributed by atoms with Crippen LogP contribution in [0.4, 0.5) is 0 Å². The molecule has 0 saturated heterocycles. The summed E-state index contributed by atoms with van der Waals surface area (Å²) in [6, 6.07) is 6.26. The fourth-order valence-electron chi connectivity index (χ4n) is 2.45. The molecule has 1 aromatic rings. The molecule has 102 valence electrons. The van der Waals surface area contributed by atoms with Crippen LogP contribution >= 0.6 is 0 Å². The summed E-state index contributed by atoms with van der Waals surface area (Å²) in [6.45, 7) is 0.427. The molecule has 1 aliphatic rings. The van der Waals surface area contributed by atoms with Crippen LogP contribution in [0.1, 0.15) is 36.0 Å². The molecule has 0 saturated carbocycles. The van der Waals surface area contributed by atoms with Crippen LogP contribution in [0.25, 0.3) is 0 Å². The summed E-state index contributed by atoms with van der Waals surface area (Å²) in [5.41, 5.74) is 3.82. The molecule has 0 aromatic heterocycles. The quantitative estimate of drug-likeness (QED) is 0.766. The van der Waals surface area contributed by atoms with Gasteiger partial charge in [-0.15, -0.1) is 0 Å². The number of rotatable bonds is 6. The molecule has 1 amide bonds. The summed E-state index contributed by atoms with van der Waals surface area (Å²) >= 11 is 0. The van der Waals surface area contributed by atoms with E-state index in [1.807, 2.05) is 6.07 Å². The highest BCUT2D eigenvalue weighted by Crippen LogP contribution is 2.22. The van der Waals surface area contributed by atoms with Gasteiger partial charge in [0, 0.05) is 13.0 Å². The van der Waals surface area contributed by atoms with Gasteiger partial charge < -0.3 is 10.4 Å². The van der Waals surface area contributed by atoms with Crippen molar-refractivity contribution in [2.24, 2.45) is 0 Å². The van der Waals surface area contributed by atoms with Crippen LogP contribution in [0.3, 0.4) is 0 Å². The number of nitrogens with one attached hydrogen (secondary N) is 1. The van der Waals surface area contributed by atoms with E-state index in [-0.39, 0.29) is 12.3 Å². The molecule has 0 spiro atoms. The number of hydrogen-bond donors (Lipinski definition) is 2. The second-order valence-electron chi connectivity index (χ2n) is 4.98. The maximum atomic E-state index is 11.7. The molecule has 0 fully saturated rings. The molecular weight excluding hydrogens is 242 g/mol. The van der Waals surface area contributed by atoms with E-state index in [2.05, 4.69) is 17.4 Å². The van der Waals surface area contributed by atoms with Crippen LogP contribution in [0.15, 0.2) is 18.2 Å². The largest absolute Gasteiger partial charge is 0.481 e. The van der Waals surface area contributed by atoms with Crippen LogP contribution in [0, 0.1) is 0 Å². The summed E-state index contributed by atoms with van der Waals surface area (Å²) in [5.74, 6) is -0.865. The zero-order chi connectivity index (χ0) is 13.7. The van der Waals surface area contributed by atoms with Crippen LogP contribution in [-0.4, -0.2) is 23.5 Å². The summed E-state index contributed by atoms with van der Waals surface area (Å²) < 4.78 is 0. The average Bonchev–Trinajstić information content (AvgIpc) is 2.82. The van der Waals surface area contributed by atoms with Gasteiger partial charge in [-0.25, -0.2) is 0 Å². The molecule has 0 heterocycles. The van der Waals surface area contributed by atoms with Crippen molar-refractivity contribution in [1.82, 2.24) is 5.32 Å². The molecular formula is C15H19NO3. The minimum Gasteiger partial charge on any atom is -0.481 e. The molecule has 0 aliphatic heterocycles. The fraction of sp³-hybridized carbons (Fsp3) is 0.467. The van der Waals surface area contributed by atoms with Crippen molar-refractivity contribution in [2.45, 2.75) is 38.5 Å². The third-order valence-corrected chi connectivity index (χ3v) is 3.42. The number of carbonyl (C=O) groups excluding carboxylic acids is 1. The summed E-state index contributed by atoms with van der Waals surface area (Å²) in [5, 5.41) is 11.2. The Morgan fingerprint density at radius 1 is 1.21 bits per heavy atom. The second kappa shape index (κ2) is 6.36. The lowest BCUT2D eigenvalue weighted by atomic mass is 10.0. The zero-order valence-electron chi connectivity index (χ0n) is 10.9. The molecule has 2 rings (SSSR count). The lowest BCUT2D eigenvalue weighted by Gasteiger charge is -2.06. The number of benzene rings is 1. The number of carboxylic acid groups (broad SMARTS) is 1. The highest BCUT2D eigenvalue weighted by Gasteiger charge is 2.12. The second-order valence-corrected chi connectivity index (χ2v) is 4.98. The van der Waals surface area contributed by atoms with Crippen molar-refractivity contribution in [3.05, 3.63) is 34.9 Å². The zero-order valence-corrected chi connectivity index (χ0v) is 10.9. The third kappa shape index (κ3) is 4.09. The topological polar surface area (TPSA) is 66.4 Å². The van der Waals surface area contributed by atoms with Gasteiger partial charge in [-0.05, 0) is 42.4 Å². The number of aliphatic carboxylic acids is 1. The van der Waals surface area contributed by atoms with Crippen molar-refractivity contribution in [1.29, 1.82) is 0 Å². The molecule has 0 atom stereocenters. The fourth-order valence-corrected chi connectivity index (χ4v) is 2.45. The van der Waals surface area contributed by atoms with Crippen molar-refractivity contribution in [2.75, 3.05) is 6.54 Å². The van der Waals surface area contributed by atoms with E-state index in [0.717, 1.165) is 18.4 Å². The Kier molecular flexibility index (Phi) is 4.55. The molecule has 0 radical (unpaired) electrons. The lowest BCUT2D eigenvalue weighted by Crippen LogP contribution is -2.26. The highest BCUT2D eigenvalue weighted by atomic mass is 16.4. The van der Waals surface area contributed by atoms with E-state index in [9.17, 15) is 9.59 Å². The van der Waals surface area contributed by atoms with E-state index >= 15 is 0 Å². The van der Waals surface area contributed by atoms with Gasteiger partial charge in [0.05, 0.1) is 6.42 Å². The Morgan fingerprint density at radius 2 is 2.00 bits per heavy atom. The minimum absolute atomic E-state index is 0.0386. The highest BCUT2D eigenvalue weighted by molar-refractivity contribution is 5.78. The first-order valence-electron chi connectivity index (χ1n) is 6.74. The Hall–Kier alpha value is -1.84. The first-order valence-corrected chi connectivity index (χ1v) is 6.74. The van der Waals surface area contributed by atoms with E-state index < -0.39 is 5.97 Å². The third-order valence-electron chi connectivity index (χ3n) is 3.42. The molecule has 0 bridgehead atoms. The first-order chi connectivity index (χ1) is 9.15. The Bertz CT molecular complexity index is 482. The van der Waals surface area contributed by atoms with Gasteiger partial charge in [0.15, 0.2) is 0 Å². The van der Waals surface area contributed by atoms with Crippen LogP contribution in [0.2, 0.25) is 0 Å². The number of carbonyl (C=O) groups is 2. The van der Waals surface area contributed by atoms with Gasteiger partial charge in [0.2, 0.25) is 5.91 Å². The van der Waals surface area contributed by atoms with Crippen molar-refractivity contribution >= 4 is 11.9 Å². The normalized spacial score (nSPS) is 13.1. The minimum atomic E-state index is -0.826. The molecule has 19 heavy (non-hydrogen) atoms. The maximum Gasteiger partial charge on any atom is 0.303 e. The smallest absolute Gasteiger partial charge is 0.303 e. The van der Waals surface area contributed by atoms with Crippen LogP contribution in [0.5, 0.6) is 0 Å². The van der Waals surface area contributed by atoms with Crippen molar-refractivity contribution < 1.29 is 14.7 Å². The Labute approximate surface area is 112 Å². The van der Waals surface area contributed by atoms with Crippen molar-refractivity contribution in [3.8, 4) is 0 Å². The van der Waals surface area contributed by atoms with Gasteiger partial charge in [0.1, 0.15) is 0 Å². The number of hydrogen-bond acceptors (Lipinski definition) is 2. The predicted molar refractivity (Wildman–Crippen MR) is 72.1 cm³/mol. The monoisotopic (exact) mass is 261 g/mol. The van der Waals surface area contributed by atoms with E-state index in [4.69, 9.17) is 5.11 Å². The summed E-state index contributed by atoms with van der Waals surface area (Å²) in [4.78, 5) is 22.0. The number of fused-ring (bicyclic) bond motifs is 1. The molecule has 1 aromatic carbocycles. The molecule has 4 heteroatoms. The van der Waals surface area contributed by atoms with Gasteiger partial charge in [-0.1, -0.05) is 18.2 Å². The van der Waals surface area contributed by atoms with Crippen LogP contribution in [-0.2, 0) is 28.9 Å². The van der Waals surface area contributed by atoms with Crippen molar-refractivity contribution in [3.63, 3.8) is 0 Å². The van der Waals surface area contributed by atoms with Gasteiger partial charge in [0.25, 0.3) is 0 Å². The first kappa shape index (κ1) is 13.6. The maximum absolute atomic E-state index is 11.7. The Balaban J connectivity index is 1.77.